The van der Waals surface area contributed by atoms with Gasteiger partial charge < -0.3 is 5.73 Å². The number of hydrogen-bond acceptors (Lipinski definition) is 4. The van der Waals surface area contributed by atoms with Crippen molar-refractivity contribution in [2.45, 2.75) is 0 Å². The van der Waals surface area contributed by atoms with E-state index in [4.69, 9.17) is 5.73 Å². The molecule has 93 valence electrons. The molecule has 3 aromatic heterocycles. The lowest BCUT2D eigenvalue weighted by Gasteiger charge is -1.94. The van der Waals surface area contributed by atoms with Gasteiger partial charge in [-0.1, -0.05) is 0 Å². The van der Waals surface area contributed by atoms with E-state index < -0.39 is 11.9 Å². The third kappa shape index (κ3) is 1.90. The molecule has 3 heterocycles. The van der Waals surface area contributed by atoms with Crippen molar-refractivity contribution in [3.63, 3.8) is 0 Å². The van der Waals surface area contributed by atoms with Crippen LogP contribution in [0.5, 0.6) is 0 Å². The van der Waals surface area contributed by atoms with Gasteiger partial charge in [0.15, 0.2) is 11.5 Å². The van der Waals surface area contributed by atoms with Gasteiger partial charge in [0.05, 0.1) is 5.56 Å². The number of primary amides is 1. The summed E-state index contributed by atoms with van der Waals surface area (Å²) in [5.74, 6) is -0.994. The van der Waals surface area contributed by atoms with Gasteiger partial charge in [0.2, 0.25) is 5.95 Å². The standard InChI is InChI=1S/C12H7FN5O/c13-9-6-7(3-4-15-9)11-16-12-8(10(14)19)2-1-5-18(12)17-11/h1,3-6H,(H2,14,19). The summed E-state index contributed by atoms with van der Waals surface area (Å²) in [5.41, 5.74) is 6.11. The van der Waals surface area contributed by atoms with Crippen LogP contribution in [-0.4, -0.2) is 25.5 Å². The van der Waals surface area contributed by atoms with Crippen molar-refractivity contribution in [2.24, 2.45) is 5.73 Å². The molecule has 0 aliphatic heterocycles. The van der Waals surface area contributed by atoms with E-state index in [2.05, 4.69) is 21.1 Å². The lowest BCUT2D eigenvalue weighted by molar-refractivity contribution is 0.100. The molecule has 0 aliphatic carbocycles. The Labute approximate surface area is 106 Å². The Morgan fingerprint density at radius 1 is 1.47 bits per heavy atom. The molecular formula is C12H7FN5O. The van der Waals surface area contributed by atoms with Gasteiger partial charge in [0.25, 0.3) is 5.91 Å². The van der Waals surface area contributed by atoms with E-state index in [1.807, 2.05) is 0 Å². The number of pyridine rings is 2. The van der Waals surface area contributed by atoms with Gasteiger partial charge in [-0.15, -0.1) is 5.10 Å². The SMILES string of the molecule is NC(=O)c1[c]ccn2nc(-c3ccnc(F)c3)nc12. The fourth-order valence-corrected chi connectivity index (χ4v) is 1.70. The van der Waals surface area contributed by atoms with Gasteiger partial charge in [0, 0.05) is 30.1 Å². The fraction of sp³-hybridized carbons (Fsp3) is 0. The average molecular weight is 256 g/mol. The van der Waals surface area contributed by atoms with Gasteiger partial charge in [0.1, 0.15) is 0 Å². The van der Waals surface area contributed by atoms with Gasteiger partial charge in [-0.05, 0) is 12.1 Å². The number of halogens is 1. The Morgan fingerprint density at radius 3 is 3.05 bits per heavy atom. The Bertz CT molecular complexity index is 783. The normalized spacial score (nSPS) is 10.8. The molecule has 0 aliphatic rings. The number of carbonyl (C=O) groups excluding carboxylic acids is 1. The van der Waals surface area contributed by atoms with E-state index in [-0.39, 0.29) is 17.0 Å². The largest absolute Gasteiger partial charge is 0.365 e. The molecule has 1 amide bonds. The van der Waals surface area contributed by atoms with Gasteiger partial charge in [-0.3, -0.25) is 4.79 Å². The highest BCUT2D eigenvalue weighted by Crippen LogP contribution is 2.17. The molecule has 7 heteroatoms. The molecule has 19 heavy (non-hydrogen) atoms. The van der Waals surface area contributed by atoms with Crippen LogP contribution in [0.3, 0.4) is 0 Å². The van der Waals surface area contributed by atoms with Crippen LogP contribution in [0.2, 0.25) is 0 Å². The lowest BCUT2D eigenvalue weighted by Crippen LogP contribution is -2.12. The first-order chi connectivity index (χ1) is 9.15. The van der Waals surface area contributed by atoms with E-state index in [9.17, 15) is 9.18 Å². The first kappa shape index (κ1) is 11.3. The molecule has 0 spiro atoms. The molecule has 1 radical (unpaired) electrons. The molecule has 0 unspecified atom stereocenters. The van der Waals surface area contributed by atoms with Crippen molar-refractivity contribution in [3.05, 3.63) is 48.2 Å². The van der Waals surface area contributed by atoms with Crippen molar-refractivity contribution in [1.29, 1.82) is 0 Å². The molecule has 0 aromatic carbocycles. The number of amides is 1. The van der Waals surface area contributed by atoms with Crippen LogP contribution >= 0.6 is 0 Å². The highest BCUT2D eigenvalue weighted by Gasteiger charge is 2.13. The van der Waals surface area contributed by atoms with Crippen LogP contribution in [-0.2, 0) is 0 Å². The second-order valence-electron chi connectivity index (χ2n) is 3.77. The number of hydrogen-bond donors (Lipinski definition) is 1. The van der Waals surface area contributed by atoms with Crippen molar-refractivity contribution in [1.82, 2.24) is 19.6 Å². The highest BCUT2D eigenvalue weighted by atomic mass is 19.1. The average Bonchev–Trinajstić information content (AvgIpc) is 2.82. The number of nitrogens with zero attached hydrogens (tertiary/aromatic N) is 4. The van der Waals surface area contributed by atoms with Gasteiger partial charge in [-0.25, -0.2) is 14.5 Å². The van der Waals surface area contributed by atoms with E-state index in [1.54, 1.807) is 12.3 Å². The number of carbonyl (C=O) groups is 1. The summed E-state index contributed by atoms with van der Waals surface area (Å²) in [5, 5.41) is 4.15. The van der Waals surface area contributed by atoms with Crippen molar-refractivity contribution < 1.29 is 9.18 Å². The molecule has 0 atom stereocenters. The minimum Gasteiger partial charge on any atom is -0.365 e. The van der Waals surface area contributed by atoms with Crippen LogP contribution in [0.15, 0.2) is 30.6 Å². The minimum atomic E-state index is -0.648. The summed E-state index contributed by atoms with van der Waals surface area (Å²) >= 11 is 0. The third-order valence-corrected chi connectivity index (χ3v) is 2.53. The molecule has 0 saturated heterocycles. The zero-order valence-corrected chi connectivity index (χ0v) is 9.54. The Morgan fingerprint density at radius 2 is 2.32 bits per heavy atom. The maximum Gasteiger partial charge on any atom is 0.253 e. The highest BCUT2D eigenvalue weighted by molar-refractivity contribution is 5.98. The Kier molecular flexibility index (Phi) is 2.45. The van der Waals surface area contributed by atoms with Crippen LogP contribution in [0.4, 0.5) is 4.39 Å². The molecule has 2 N–H and O–H groups in total. The molecule has 6 nitrogen and oxygen atoms in total. The molecule has 0 saturated carbocycles. The summed E-state index contributed by atoms with van der Waals surface area (Å²) in [6.45, 7) is 0. The zero-order chi connectivity index (χ0) is 13.4. The monoisotopic (exact) mass is 256 g/mol. The lowest BCUT2D eigenvalue weighted by atomic mass is 10.2. The second kappa shape index (κ2) is 4.13. The number of aromatic nitrogens is 4. The van der Waals surface area contributed by atoms with E-state index >= 15 is 0 Å². The predicted octanol–water partition coefficient (Wildman–Crippen LogP) is 0.829. The van der Waals surface area contributed by atoms with Crippen molar-refractivity contribution in [3.8, 4) is 11.4 Å². The Balaban J connectivity index is 2.22. The maximum atomic E-state index is 13.1. The first-order valence-corrected chi connectivity index (χ1v) is 5.34. The summed E-state index contributed by atoms with van der Waals surface area (Å²) in [6.07, 6.45) is 2.90. The maximum absolute atomic E-state index is 13.1. The van der Waals surface area contributed by atoms with Crippen LogP contribution in [0.25, 0.3) is 17.0 Å². The van der Waals surface area contributed by atoms with E-state index in [0.717, 1.165) is 0 Å². The minimum absolute atomic E-state index is 0.135. The van der Waals surface area contributed by atoms with Crippen molar-refractivity contribution >= 4 is 11.6 Å². The van der Waals surface area contributed by atoms with Crippen LogP contribution in [0.1, 0.15) is 10.4 Å². The topological polar surface area (TPSA) is 86.2 Å². The summed E-state index contributed by atoms with van der Waals surface area (Å²) in [6, 6.07) is 7.00. The van der Waals surface area contributed by atoms with E-state index in [0.29, 0.717) is 5.56 Å². The number of fused-ring (bicyclic) bond motifs is 1. The first-order valence-electron chi connectivity index (χ1n) is 5.34. The van der Waals surface area contributed by atoms with Crippen LogP contribution < -0.4 is 5.73 Å². The molecule has 3 aromatic rings. The van der Waals surface area contributed by atoms with Gasteiger partial charge in [-0.2, -0.15) is 4.39 Å². The summed E-state index contributed by atoms with van der Waals surface area (Å²) in [7, 11) is 0. The fourth-order valence-electron chi connectivity index (χ4n) is 1.70. The summed E-state index contributed by atoms with van der Waals surface area (Å²) in [4.78, 5) is 18.9. The smallest absolute Gasteiger partial charge is 0.253 e. The predicted molar refractivity (Wildman–Crippen MR) is 63.5 cm³/mol. The number of rotatable bonds is 2. The quantitative estimate of drug-likeness (QED) is 0.688. The molecular weight excluding hydrogens is 249 g/mol. The molecule has 0 fully saturated rings. The zero-order valence-electron chi connectivity index (χ0n) is 9.54. The van der Waals surface area contributed by atoms with Crippen LogP contribution in [0, 0.1) is 12.0 Å². The van der Waals surface area contributed by atoms with Crippen molar-refractivity contribution in [2.75, 3.05) is 0 Å². The second-order valence-corrected chi connectivity index (χ2v) is 3.77. The third-order valence-electron chi connectivity index (χ3n) is 2.53. The number of nitrogens with two attached hydrogens (primary N) is 1. The van der Waals surface area contributed by atoms with E-state index in [1.165, 1.54) is 22.8 Å². The summed E-state index contributed by atoms with van der Waals surface area (Å²) < 4.78 is 14.5. The Hall–Kier alpha value is -2.83. The molecule has 0 bridgehead atoms. The molecule has 3 rings (SSSR count). The van der Waals surface area contributed by atoms with Gasteiger partial charge >= 0.3 is 0 Å².